The summed E-state index contributed by atoms with van der Waals surface area (Å²) in [5.74, 6) is 0.339. The number of pyridine rings is 1. The molecule has 0 radical (unpaired) electrons. The molecule has 0 aliphatic heterocycles. The van der Waals surface area contributed by atoms with Crippen LogP contribution in [0.25, 0.3) is 0 Å². The number of carbonyl (C=O) groups excluding carboxylic acids is 2. The van der Waals surface area contributed by atoms with Crippen LogP contribution in [-0.2, 0) is 4.79 Å². The van der Waals surface area contributed by atoms with Gasteiger partial charge in [-0.1, -0.05) is 0 Å². The van der Waals surface area contributed by atoms with E-state index in [2.05, 4.69) is 10.3 Å². The third kappa shape index (κ3) is 4.53. The Hall–Kier alpha value is -1.91. The van der Waals surface area contributed by atoms with E-state index >= 15 is 0 Å². The van der Waals surface area contributed by atoms with Crippen molar-refractivity contribution in [1.82, 2.24) is 10.3 Å². The SMILES string of the molecule is Cc1ccc(OCCC(=O)NC(C)C)c(C=O)n1. The normalized spacial score (nSPS) is 10.2. The molecule has 0 saturated heterocycles. The molecular formula is C13H18N2O3. The summed E-state index contributed by atoms with van der Waals surface area (Å²) < 4.78 is 5.38. The van der Waals surface area contributed by atoms with Crippen molar-refractivity contribution in [2.45, 2.75) is 33.2 Å². The lowest BCUT2D eigenvalue weighted by Gasteiger charge is -2.10. The molecule has 18 heavy (non-hydrogen) atoms. The van der Waals surface area contributed by atoms with E-state index in [0.717, 1.165) is 5.69 Å². The average Bonchev–Trinajstić information content (AvgIpc) is 2.30. The minimum Gasteiger partial charge on any atom is -0.491 e. The Labute approximate surface area is 107 Å². The van der Waals surface area contributed by atoms with Crippen molar-refractivity contribution in [2.24, 2.45) is 0 Å². The first-order valence-electron chi connectivity index (χ1n) is 5.88. The molecule has 1 aromatic rings. The van der Waals surface area contributed by atoms with Crippen molar-refractivity contribution < 1.29 is 14.3 Å². The van der Waals surface area contributed by atoms with Crippen LogP contribution < -0.4 is 10.1 Å². The van der Waals surface area contributed by atoms with Gasteiger partial charge in [0.2, 0.25) is 5.91 Å². The van der Waals surface area contributed by atoms with Crippen molar-refractivity contribution in [3.8, 4) is 5.75 Å². The van der Waals surface area contributed by atoms with Gasteiger partial charge >= 0.3 is 0 Å². The van der Waals surface area contributed by atoms with Crippen LogP contribution in [0.15, 0.2) is 12.1 Å². The molecule has 1 heterocycles. The van der Waals surface area contributed by atoms with E-state index in [-0.39, 0.29) is 30.7 Å². The second-order valence-corrected chi connectivity index (χ2v) is 4.27. The topological polar surface area (TPSA) is 68.3 Å². The zero-order chi connectivity index (χ0) is 13.5. The third-order valence-electron chi connectivity index (χ3n) is 2.17. The Morgan fingerprint density at radius 2 is 2.22 bits per heavy atom. The number of aldehydes is 1. The number of nitrogens with one attached hydrogen (secondary N) is 1. The van der Waals surface area contributed by atoms with E-state index in [0.29, 0.717) is 12.0 Å². The molecule has 5 nitrogen and oxygen atoms in total. The summed E-state index contributed by atoms with van der Waals surface area (Å²) in [5.41, 5.74) is 1.02. The maximum atomic E-state index is 11.4. The van der Waals surface area contributed by atoms with Crippen LogP contribution in [0.3, 0.4) is 0 Å². The van der Waals surface area contributed by atoms with Gasteiger partial charge in [0.15, 0.2) is 6.29 Å². The highest BCUT2D eigenvalue weighted by Gasteiger charge is 2.07. The summed E-state index contributed by atoms with van der Waals surface area (Å²) in [5, 5.41) is 2.76. The molecule has 0 atom stereocenters. The number of amides is 1. The standard InChI is InChI=1S/C13H18N2O3/c1-9(2)14-13(17)6-7-18-12-5-4-10(3)15-11(12)8-16/h4-5,8-9H,6-7H2,1-3H3,(H,14,17). The molecule has 0 bridgehead atoms. The largest absolute Gasteiger partial charge is 0.491 e. The minimum atomic E-state index is -0.0716. The van der Waals surface area contributed by atoms with E-state index in [1.165, 1.54) is 0 Å². The Bertz CT molecular complexity index is 430. The molecule has 0 aliphatic rings. The lowest BCUT2D eigenvalue weighted by molar-refractivity contribution is -0.122. The number of aryl methyl sites for hydroxylation is 1. The summed E-state index contributed by atoms with van der Waals surface area (Å²) >= 11 is 0. The molecule has 0 spiro atoms. The fourth-order valence-electron chi connectivity index (χ4n) is 1.42. The molecule has 1 rings (SSSR count). The number of nitrogens with zero attached hydrogens (tertiary/aromatic N) is 1. The van der Waals surface area contributed by atoms with Gasteiger partial charge < -0.3 is 10.1 Å². The van der Waals surface area contributed by atoms with Gasteiger partial charge in [-0.15, -0.1) is 0 Å². The molecule has 0 aliphatic carbocycles. The number of aromatic nitrogens is 1. The first kappa shape index (κ1) is 14.2. The molecule has 98 valence electrons. The molecule has 0 saturated carbocycles. The monoisotopic (exact) mass is 250 g/mol. The Balaban J connectivity index is 2.49. The predicted molar refractivity (Wildman–Crippen MR) is 67.8 cm³/mol. The zero-order valence-corrected chi connectivity index (χ0v) is 10.9. The van der Waals surface area contributed by atoms with Gasteiger partial charge in [-0.25, -0.2) is 4.98 Å². The smallest absolute Gasteiger partial charge is 0.223 e. The highest BCUT2D eigenvalue weighted by Crippen LogP contribution is 2.15. The molecular weight excluding hydrogens is 232 g/mol. The first-order chi connectivity index (χ1) is 8.52. The van der Waals surface area contributed by atoms with Crippen molar-refractivity contribution in [1.29, 1.82) is 0 Å². The van der Waals surface area contributed by atoms with E-state index in [9.17, 15) is 9.59 Å². The zero-order valence-electron chi connectivity index (χ0n) is 10.9. The molecule has 0 unspecified atom stereocenters. The quantitative estimate of drug-likeness (QED) is 0.777. The molecule has 1 N–H and O–H groups in total. The lowest BCUT2D eigenvalue weighted by atomic mass is 10.3. The fraction of sp³-hybridized carbons (Fsp3) is 0.462. The molecule has 1 aromatic heterocycles. The molecule has 5 heteroatoms. The van der Waals surface area contributed by atoms with Crippen LogP contribution in [0.2, 0.25) is 0 Å². The van der Waals surface area contributed by atoms with Crippen LogP contribution in [0, 0.1) is 6.92 Å². The third-order valence-corrected chi connectivity index (χ3v) is 2.17. The maximum Gasteiger partial charge on any atom is 0.223 e. The Morgan fingerprint density at radius 3 is 2.83 bits per heavy atom. The van der Waals surface area contributed by atoms with Gasteiger partial charge in [0.1, 0.15) is 11.4 Å². The highest BCUT2D eigenvalue weighted by atomic mass is 16.5. The van der Waals surface area contributed by atoms with Crippen LogP contribution >= 0.6 is 0 Å². The van der Waals surface area contributed by atoms with Gasteiger partial charge in [0.05, 0.1) is 13.0 Å². The van der Waals surface area contributed by atoms with Crippen molar-refractivity contribution in [3.63, 3.8) is 0 Å². The maximum absolute atomic E-state index is 11.4. The molecule has 0 fully saturated rings. The van der Waals surface area contributed by atoms with E-state index < -0.39 is 0 Å². The highest BCUT2D eigenvalue weighted by molar-refractivity contribution is 5.77. The summed E-state index contributed by atoms with van der Waals surface area (Å²) in [6, 6.07) is 3.56. The summed E-state index contributed by atoms with van der Waals surface area (Å²) in [4.78, 5) is 26.2. The van der Waals surface area contributed by atoms with Crippen LogP contribution in [0.1, 0.15) is 36.5 Å². The van der Waals surface area contributed by atoms with Crippen molar-refractivity contribution in [2.75, 3.05) is 6.61 Å². The first-order valence-corrected chi connectivity index (χ1v) is 5.88. The average molecular weight is 250 g/mol. The van der Waals surface area contributed by atoms with Crippen molar-refractivity contribution in [3.05, 3.63) is 23.5 Å². The fourth-order valence-corrected chi connectivity index (χ4v) is 1.42. The molecule has 1 amide bonds. The number of ether oxygens (including phenoxy) is 1. The van der Waals surface area contributed by atoms with Crippen LogP contribution in [0.5, 0.6) is 5.75 Å². The number of hydrogen-bond acceptors (Lipinski definition) is 4. The predicted octanol–water partition coefficient (Wildman–Crippen LogP) is 1.50. The minimum absolute atomic E-state index is 0.0716. The van der Waals surface area contributed by atoms with Gasteiger partial charge in [0, 0.05) is 11.7 Å². The second kappa shape index (κ2) is 6.74. The van der Waals surface area contributed by atoms with Gasteiger partial charge in [-0.2, -0.15) is 0 Å². The lowest BCUT2D eigenvalue weighted by Crippen LogP contribution is -2.31. The Kier molecular flexibility index (Phi) is 5.30. The molecule has 0 aromatic carbocycles. The summed E-state index contributed by atoms with van der Waals surface area (Å²) in [6.07, 6.45) is 0.904. The van der Waals surface area contributed by atoms with Crippen LogP contribution in [-0.4, -0.2) is 29.8 Å². The van der Waals surface area contributed by atoms with Crippen LogP contribution in [0.4, 0.5) is 0 Å². The number of rotatable bonds is 6. The number of hydrogen-bond donors (Lipinski definition) is 1. The van der Waals surface area contributed by atoms with E-state index in [4.69, 9.17) is 4.74 Å². The second-order valence-electron chi connectivity index (χ2n) is 4.27. The van der Waals surface area contributed by atoms with Gasteiger partial charge in [-0.05, 0) is 32.9 Å². The summed E-state index contributed by atoms with van der Waals surface area (Å²) in [7, 11) is 0. The summed E-state index contributed by atoms with van der Waals surface area (Å²) in [6.45, 7) is 5.82. The Morgan fingerprint density at radius 1 is 1.50 bits per heavy atom. The van der Waals surface area contributed by atoms with Crippen molar-refractivity contribution >= 4 is 12.2 Å². The van der Waals surface area contributed by atoms with E-state index in [1.54, 1.807) is 19.1 Å². The number of carbonyl (C=O) groups is 2. The van der Waals surface area contributed by atoms with Gasteiger partial charge in [0.25, 0.3) is 0 Å². The van der Waals surface area contributed by atoms with Gasteiger partial charge in [-0.3, -0.25) is 9.59 Å². The van der Waals surface area contributed by atoms with E-state index in [1.807, 2.05) is 13.8 Å².